The van der Waals surface area contributed by atoms with E-state index in [2.05, 4.69) is 26.6 Å². The zero-order valence-corrected chi connectivity index (χ0v) is 18.1. The molecule has 0 aromatic heterocycles. The number of hydrogen-bond acceptors (Lipinski definition) is 5. The van der Waals surface area contributed by atoms with Crippen LogP contribution in [0.3, 0.4) is 0 Å². The first-order valence-electron chi connectivity index (χ1n) is 9.45. The Morgan fingerprint density at radius 1 is 0.967 bits per heavy atom. The van der Waals surface area contributed by atoms with E-state index < -0.39 is 0 Å². The number of hydrogen-bond donors (Lipinski definition) is 3. The second-order valence-corrected chi connectivity index (χ2v) is 8.48. The quantitative estimate of drug-likeness (QED) is 0.457. The van der Waals surface area contributed by atoms with Crippen LogP contribution >= 0.6 is 27.5 Å². The maximum absolute atomic E-state index is 10.5. The Morgan fingerprint density at radius 2 is 1.77 bits per heavy atom. The van der Waals surface area contributed by atoms with E-state index in [0.29, 0.717) is 10.6 Å². The van der Waals surface area contributed by atoms with Gasteiger partial charge in [-0.2, -0.15) is 0 Å². The van der Waals surface area contributed by atoms with Crippen molar-refractivity contribution >= 4 is 33.2 Å². The number of nitrogens with one attached hydrogen (secondary N) is 2. The summed E-state index contributed by atoms with van der Waals surface area (Å²) >= 11 is 9.70. The molecule has 0 saturated heterocycles. The average molecular weight is 486 g/mol. The highest BCUT2D eigenvalue weighted by Crippen LogP contribution is 2.38. The van der Waals surface area contributed by atoms with E-state index in [4.69, 9.17) is 21.1 Å². The zero-order chi connectivity index (χ0) is 20.7. The van der Waals surface area contributed by atoms with Crippen LogP contribution in [-0.4, -0.2) is 11.9 Å². The molecule has 0 fully saturated rings. The van der Waals surface area contributed by atoms with Gasteiger partial charge in [0, 0.05) is 26.3 Å². The van der Waals surface area contributed by atoms with Crippen LogP contribution in [0, 0.1) is 0 Å². The molecule has 3 aromatic rings. The van der Waals surface area contributed by atoms with Crippen molar-refractivity contribution in [1.29, 1.82) is 0 Å². The molecule has 30 heavy (non-hydrogen) atoms. The number of aromatic hydroxyl groups is 1. The van der Waals surface area contributed by atoms with Gasteiger partial charge < -0.3 is 19.9 Å². The number of phenolic OH excluding ortho intramolecular Hbond substituents is 1. The number of ether oxygens (including phenoxy) is 2. The Labute approximate surface area is 187 Å². The third kappa shape index (κ3) is 3.74. The summed E-state index contributed by atoms with van der Waals surface area (Å²) in [7, 11) is 0. The third-order valence-electron chi connectivity index (χ3n) is 5.19. The lowest BCUT2D eigenvalue weighted by Crippen LogP contribution is -2.39. The topological polar surface area (TPSA) is 62.8 Å². The Balaban J connectivity index is 1.57. The van der Waals surface area contributed by atoms with Crippen molar-refractivity contribution in [3.8, 4) is 17.2 Å². The van der Waals surface area contributed by atoms with Gasteiger partial charge in [-0.15, -0.1) is 0 Å². The molecule has 0 amide bonds. The molecule has 5 nitrogen and oxygen atoms in total. The fourth-order valence-electron chi connectivity index (χ4n) is 3.67. The second kappa shape index (κ2) is 7.87. The van der Waals surface area contributed by atoms with Crippen LogP contribution in [-0.2, 0) is 0 Å². The summed E-state index contributed by atoms with van der Waals surface area (Å²) < 4.78 is 12.0. The smallest absolute Gasteiger partial charge is 0.231 e. The van der Waals surface area contributed by atoms with Crippen LogP contribution in [0.25, 0.3) is 5.70 Å². The lowest BCUT2D eigenvalue weighted by molar-refractivity contribution is 0.174. The molecule has 3 aromatic carbocycles. The molecule has 0 aliphatic carbocycles. The summed E-state index contributed by atoms with van der Waals surface area (Å²) in [5, 5.41) is 18.1. The maximum atomic E-state index is 10.5. The molecule has 0 saturated carbocycles. The van der Waals surface area contributed by atoms with Gasteiger partial charge in [0.15, 0.2) is 11.5 Å². The molecule has 2 atom stereocenters. The number of phenols is 1. The van der Waals surface area contributed by atoms with Crippen LogP contribution in [0.1, 0.15) is 28.9 Å². The van der Waals surface area contributed by atoms with Gasteiger partial charge in [-0.05, 0) is 60.2 Å². The fraction of sp³-hybridized carbons (Fsp3) is 0.130. The molecule has 0 radical (unpaired) electrons. The monoisotopic (exact) mass is 484 g/mol. The van der Waals surface area contributed by atoms with Crippen molar-refractivity contribution in [2.45, 2.75) is 12.2 Å². The van der Waals surface area contributed by atoms with Crippen molar-refractivity contribution < 1.29 is 14.6 Å². The van der Waals surface area contributed by atoms with Gasteiger partial charge >= 0.3 is 0 Å². The minimum Gasteiger partial charge on any atom is -0.508 e. The zero-order valence-electron chi connectivity index (χ0n) is 15.7. The molecule has 0 bridgehead atoms. The van der Waals surface area contributed by atoms with Crippen molar-refractivity contribution in [3.63, 3.8) is 0 Å². The molecular weight excluding hydrogens is 468 g/mol. The van der Waals surface area contributed by atoms with E-state index in [1.807, 2.05) is 48.5 Å². The summed E-state index contributed by atoms with van der Waals surface area (Å²) in [4.78, 5) is 0. The van der Waals surface area contributed by atoms with Crippen LogP contribution in [0.2, 0.25) is 5.02 Å². The summed E-state index contributed by atoms with van der Waals surface area (Å²) in [6.45, 7) is 0.230. The first-order chi connectivity index (χ1) is 14.6. The van der Waals surface area contributed by atoms with Gasteiger partial charge in [0.1, 0.15) is 11.9 Å². The Bertz CT molecular complexity index is 1130. The molecule has 2 unspecified atom stereocenters. The summed E-state index contributed by atoms with van der Waals surface area (Å²) in [6, 6.07) is 18.8. The maximum Gasteiger partial charge on any atom is 0.231 e. The predicted octanol–water partition coefficient (Wildman–Crippen LogP) is 5.51. The number of benzene rings is 3. The van der Waals surface area contributed by atoms with Gasteiger partial charge in [-0.25, -0.2) is 0 Å². The van der Waals surface area contributed by atoms with Crippen molar-refractivity contribution in [2.75, 3.05) is 6.79 Å². The van der Waals surface area contributed by atoms with Crippen LogP contribution < -0.4 is 20.1 Å². The molecule has 152 valence electrons. The normalized spacial score (nSPS) is 19.9. The minimum absolute atomic E-state index is 0.174. The molecule has 2 heterocycles. The number of halogens is 2. The number of fused-ring (bicyclic) bond motifs is 1. The molecular formula is C23H18BrClN2O3. The number of rotatable bonds is 3. The second-order valence-electron chi connectivity index (χ2n) is 7.12. The van der Waals surface area contributed by atoms with Gasteiger partial charge in [0.25, 0.3) is 0 Å². The molecule has 2 aliphatic heterocycles. The fourth-order valence-corrected chi connectivity index (χ4v) is 4.12. The van der Waals surface area contributed by atoms with E-state index in [-0.39, 0.29) is 24.8 Å². The van der Waals surface area contributed by atoms with E-state index >= 15 is 0 Å². The SMILES string of the molecule is Oc1ccc(Cl)cc1C1C=C(c2ccc3c(c2)OCO3)NC(c2ccc(Br)cc2)N1. The Hall–Kier alpha value is -2.67. The largest absolute Gasteiger partial charge is 0.508 e. The van der Waals surface area contributed by atoms with Crippen molar-refractivity contribution in [2.24, 2.45) is 0 Å². The van der Waals surface area contributed by atoms with E-state index in [9.17, 15) is 5.11 Å². The highest BCUT2D eigenvalue weighted by Gasteiger charge is 2.26. The van der Waals surface area contributed by atoms with Gasteiger partial charge in [-0.3, -0.25) is 5.32 Å². The van der Waals surface area contributed by atoms with Gasteiger partial charge in [0.05, 0.1) is 6.04 Å². The Morgan fingerprint density at radius 3 is 2.60 bits per heavy atom. The molecule has 0 spiro atoms. The first kappa shape index (κ1) is 19.3. The van der Waals surface area contributed by atoms with Crippen molar-refractivity contribution in [3.05, 3.63) is 92.9 Å². The van der Waals surface area contributed by atoms with Crippen LogP contribution in [0.4, 0.5) is 0 Å². The lowest BCUT2D eigenvalue weighted by atomic mass is 9.97. The van der Waals surface area contributed by atoms with Crippen LogP contribution in [0.5, 0.6) is 17.2 Å². The average Bonchev–Trinajstić information content (AvgIpc) is 3.23. The third-order valence-corrected chi connectivity index (χ3v) is 5.95. The highest BCUT2D eigenvalue weighted by molar-refractivity contribution is 9.10. The molecule has 2 aliphatic rings. The van der Waals surface area contributed by atoms with E-state index in [0.717, 1.165) is 32.8 Å². The highest BCUT2D eigenvalue weighted by atomic mass is 79.9. The minimum atomic E-state index is -0.251. The molecule has 7 heteroatoms. The summed E-state index contributed by atoms with van der Waals surface area (Å²) in [5.74, 6) is 1.65. The van der Waals surface area contributed by atoms with E-state index in [1.165, 1.54) is 0 Å². The predicted molar refractivity (Wildman–Crippen MR) is 120 cm³/mol. The lowest BCUT2D eigenvalue weighted by Gasteiger charge is -2.33. The van der Waals surface area contributed by atoms with Crippen molar-refractivity contribution in [1.82, 2.24) is 10.6 Å². The molecule has 3 N–H and O–H groups in total. The van der Waals surface area contributed by atoms with Crippen LogP contribution in [0.15, 0.2) is 71.2 Å². The van der Waals surface area contributed by atoms with Gasteiger partial charge in [-0.1, -0.05) is 39.7 Å². The van der Waals surface area contributed by atoms with E-state index in [1.54, 1.807) is 18.2 Å². The standard InChI is InChI=1S/C23H18BrClN2O3/c24-15-4-1-13(2-5-15)23-26-18(14-3-8-21-22(9-14)30-12-29-21)11-19(27-23)17-10-16(25)6-7-20(17)28/h1-11,19,23,26-28H,12H2. The summed E-state index contributed by atoms with van der Waals surface area (Å²) in [5.41, 5.74) is 3.67. The Kier molecular flexibility index (Phi) is 5.06. The van der Waals surface area contributed by atoms with Gasteiger partial charge in [0.2, 0.25) is 6.79 Å². The first-order valence-corrected chi connectivity index (χ1v) is 10.6. The summed E-state index contributed by atoms with van der Waals surface area (Å²) in [6.07, 6.45) is 1.87. The molecule has 5 rings (SSSR count).